The second kappa shape index (κ2) is 5.23. The number of rotatable bonds is 3. The van der Waals surface area contributed by atoms with Crippen LogP contribution >= 0.6 is 0 Å². The van der Waals surface area contributed by atoms with Gasteiger partial charge in [-0.1, -0.05) is 6.58 Å². The Morgan fingerprint density at radius 1 is 1.21 bits per heavy atom. The first-order valence-corrected chi connectivity index (χ1v) is 5.61. The van der Waals surface area contributed by atoms with Gasteiger partial charge in [0.1, 0.15) is 5.82 Å². The fraction of sp³-hybridized carbons (Fsp3) is 0. The number of nitrogen functional groups attached to an aromatic ring is 1. The van der Waals surface area contributed by atoms with Gasteiger partial charge in [0, 0.05) is 22.6 Å². The monoisotopic (exact) mass is 253 g/mol. The third-order valence-electron chi connectivity index (χ3n) is 2.63. The van der Waals surface area contributed by atoms with Gasteiger partial charge in [-0.25, -0.2) is 4.39 Å². The van der Waals surface area contributed by atoms with E-state index in [9.17, 15) is 4.39 Å². The van der Waals surface area contributed by atoms with Gasteiger partial charge in [0.15, 0.2) is 0 Å². The molecular weight excluding hydrogens is 241 g/mol. The van der Waals surface area contributed by atoms with Crippen molar-refractivity contribution in [2.75, 3.05) is 11.1 Å². The number of nitrogens with zero attached hydrogens (tertiary/aromatic N) is 1. The molecule has 2 aromatic carbocycles. The largest absolute Gasteiger partial charge is 0.399 e. The lowest BCUT2D eigenvalue weighted by Crippen LogP contribution is -2.01. The maximum Gasteiger partial charge on any atom is 0.123 e. The number of nitrogens with one attached hydrogen (secondary N) is 1. The maximum absolute atomic E-state index is 12.8. The van der Waals surface area contributed by atoms with E-state index < -0.39 is 0 Å². The average Bonchev–Trinajstić information content (AvgIpc) is 2.41. The molecule has 0 atom stereocenters. The smallest absolute Gasteiger partial charge is 0.123 e. The van der Waals surface area contributed by atoms with Crippen LogP contribution in [0.1, 0.15) is 11.1 Å². The van der Waals surface area contributed by atoms with E-state index in [0.29, 0.717) is 28.2 Å². The van der Waals surface area contributed by atoms with Crippen LogP contribution in [-0.2, 0) is 0 Å². The molecular formula is C15H12FN3. The van der Waals surface area contributed by atoms with Crippen molar-refractivity contribution >= 4 is 17.1 Å². The Morgan fingerprint density at radius 3 is 2.53 bits per heavy atom. The normalized spacial score (nSPS) is 9.68. The van der Waals surface area contributed by atoms with Crippen LogP contribution in [-0.4, -0.2) is 0 Å². The van der Waals surface area contributed by atoms with Crippen LogP contribution < -0.4 is 11.1 Å². The van der Waals surface area contributed by atoms with Crippen molar-refractivity contribution in [3.63, 3.8) is 0 Å². The van der Waals surface area contributed by atoms with Crippen LogP contribution in [0.2, 0.25) is 0 Å². The Kier molecular flexibility index (Phi) is 3.48. The zero-order valence-corrected chi connectivity index (χ0v) is 10.2. The van der Waals surface area contributed by atoms with E-state index in [0.717, 1.165) is 0 Å². The highest BCUT2D eigenvalue weighted by Crippen LogP contribution is 2.22. The van der Waals surface area contributed by atoms with E-state index in [1.54, 1.807) is 30.3 Å². The molecule has 0 aliphatic heterocycles. The minimum absolute atomic E-state index is 0.308. The maximum atomic E-state index is 12.8. The minimum Gasteiger partial charge on any atom is -0.399 e. The molecule has 0 saturated heterocycles. The summed E-state index contributed by atoms with van der Waals surface area (Å²) in [6, 6.07) is 12.9. The van der Waals surface area contributed by atoms with Gasteiger partial charge in [-0.15, -0.1) is 0 Å². The molecule has 3 nitrogen and oxygen atoms in total. The van der Waals surface area contributed by atoms with Crippen LogP contribution in [0.25, 0.3) is 5.70 Å². The topological polar surface area (TPSA) is 61.8 Å². The standard InChI is InChI=1S/C15H12FN3/c1-10(19-14-6-3-12(16)4-7-14)15-8-13(18)5-2-11(15)9-17/h2-8,19H,1,18H2. The zero-order valence-electron chi connectivity index (χ0n) is 10.2. The predicted molar refractivity (Wildman–Crippen MR) is 74.6 cm³/mol. The van der Waals surface area contributed by atoms with Gasteiger partial charge >= 0.3 is 0 Å². The SMILES string of the molecule is C=C(Nc1ccc(F)cc1)c1cc(N)ccc1C#N. The van der Waals surface area contributed by atoms with E-state index in [4.69, 9.17) is 11.0 Å². The second-order valence-corrected chi connectivity index (χ2v) is 4.03. The van der Waals surface area contributed by atoms with Crippen molar-refractivity contribution < 1.29 is 4.39 Å². The highest BCUT2D eigenvalue weighted by Gasteiger charge is 2.07. The fourth-order valence-corrected chi connectivity index (χ4v) is 1.68. The van der Waals surface area contributed by atoms with Crippen molar-refractivity contribution in [3.8, 4) is 6.07 Å². The number of anilines is 2. The van der Waals surface area contributed by atoms with Crippen LogP contribution in [0.3, 0.4) is 0 Å². The van der Waals surface area contributed by atoms with E-state index in [1.807, 2.05) is 0 Å². The summed E-state index contributed by atoms with van der Waals surface area (Å²) in [4.78, 5) is 0. The molecule has 2 aromatic rings. The van der Waals surface area contributed by atoms with Crippen molar-refractivity contribution in [3.05, 3.63) is 66.0 Å². The average molecular weight is 253 g/mol. The van der Waals surface area contributed by atoms with Gasteiger partial charge < -0.3 is 11.1 Å². The quantitative estimate of drug-likeness (QED) is 0.824. The Bertz CT molecular complexity index is 654. The summed E-state index contributed by atoms with van der Waals surface area (Å²) in [7, 11) is 0. The lowest BCUT2D eigenvalue weighted by Gasteiger charge is -2.11. The summed E-state index contributed by atoms with van der Waals surface area (Å²) >= 11 is 0. The van der Waals surface area contributed by atoms with Crippen LogP contribution in [0.15, 0.2) is 49.0 Å². The van der Waals surface area contributed by atoms with E-state index in [-0.39, 0.29) is 5.82 Å². The van der Waals surface area contributed by atoms with Gasteiger partial charge in [-0.3, -0.25) is 0 Å². The lowest BCUT2D eigenvalue weighted by atomic mass is 10.0. The summed E-state index contributed by atoms with van der Waals surface area (Å²) in [6.45, 7) is 3.88. The van der Waals surface area contributed by atoms with Crippen molar-refractivity contribution in [2.45, 2.75) is 0 Å². The van der Waals surface area contributed by atoms with Crippen LogP contribution in [0, 0.1) is 17.1 Å². The van der Waals surface area contributed by atoms with Crippen LogP contribution in [0.5, 0.6) is 0 Å². The first kappa shape index (κ1) is 12.7. The molecule has 0 aromatic heterocycles. The molecule has 0 bridgehead atoms. The molecule has 0 heterocycles. The first-order valence-electron chi connectivity index (χ1n) is 5.61. The molecule has 0 aliphatic rings. The third-order valence-corrected chi connectivity index (χ3v) is 2.63. The Labute approximate surface area is 110 Å². The number of benzene rings is 2. The zero-order chi connectivity index (χ0) is 13.8. The number of nitriles is 1. The first-order chi connectivity index (χ1) is 9.10. The van der Waals surface area contributed by atoms with E-state index in [1.165, 1.54) is 12.1 Å². The Morgan fingerprint density at radius 2 is 1.89 bits per heavy atom. The van der Waals surface area contributed by atoms with Crippen molar-refractivity contribution in [2.24, 2.45) is 0 Å². The predicted octanol–water partition coefficient (Wildman–Crippen LogP) is 3.36. The molecule has 0 fully saturated rings. The van der Waals surface area contributed by atoms with E-state index >= 15 is 0 Å². The molecule has 4 heteroatoms. The summed E-state index contributed by atoms with van der Waals surface area (Å²) < 4.78 is 12.8. The summed E-state index contributed by atoms with van der Waals surface area (Å²) in [6.07, 6.45) is 0. The highest BCUT2D eigenvalue weighted by atomic mass is 19.1. The third kappa shape index (κ3) is 2.90. The molecule has 0 amide bonds. The number of nitrogens with two attached hydrogens (primary N) is 1. The summed E-state index contributed by atoms with van der Waals surface area (Å²) in [5.74, 6) is -0.308. The molecule has 0 saturated carbocycles. The van der Waals surface area contributed by atoms with Gasteiger partial charge in [0.05, 0.1) is 11.6 Å². The molecule has 0 unspecified atom stereocenters. The molecule has 19 heavy (non-hydrogen) atoms. The van der Waals surface area contributed by atoms with Gasteiger partial charge in [-0.2, -0.15) is 5.26 Å². The minimum atomic E-state index is -0.308. The molecule has 0 radical (unpaired) electrons. The highest BCUT2D eigenvalue weighted by molar-refractivity contribution is 5.79. The summed E-state index contributed by atoms with van der Waals surface area (Å²) in [5, 5.41) is 12.1. The van der Waals surface area contributed by atoms with E-state index in [2.05, 4.69) is 18.0 Å². The molecule has 2 rings (SSSR count). The Hall–Kier alpha value is -2.80. The number of halogens is 1. The van der Waals surface area contributed by atoms with Crippen molar-refractivity contribution in [1.29, 1.82) is 5.26 Å². The number of hydrogen-bond acceptors (Lipinski definition) is 3. The lowest BCUT2D eigenvalue weighted by molar-refractivity contribution is 0.628. The Balaban J connectivity index is 2.27. The molecule has 0 spiro atoms. The molecule has 0 aliphatic carbocycles. The van der Waals surface area contributed by atoms with Crippen molar-refractivity contribution in [1.82, 2.24) is 0 Å². The van der Waals surface area contributed by atoms with Gasteiger partial charge in [0.25, 0.3) is 0 Å². The molecule has 94 valence electrons. The van der Waals surface area contributed by atoms with Gasteiger partial charge in [0.2, 0.25) is 0 Å². The van der Waals surface area contributed by atoms with Gasteiger partial charge in [-0.05, 0) is 42.5 Å². The van der Waals surface area contributed by atoms with Crippen LogP contribution in [0.4, 0.5) is 15.8 Å². The second-order valence-electron chi connectivity index (χ2n) is 4.03. The summed E-state index contributed by atoms with van der Waals surface area (Å²) in [5.41, 5.74) is 8.60. The fourth-order valence-electron chi connectivity index (χ4n) is 1.68. The number of hydrogen-bond donors (Lipinski definition) is 2. The molecule has 3 N–H and O–H groups in total.